The van der Waals surface area contributed by atoms with Crippen molar-refractivity contribution in [1.29, 1.82) is 0 Å². The van der Waals surface area contributed by atoms with E-state index in [4.69, 9.17) is 5.11 Å². The molecule has 0 saturated carbocycles. The summed E-state index contributed by atoms with van der Waals surface area (Å²) in [4.78, 5) is 0. The van der Waals surface area contributed by atoms with E-state index in [1.807, 2.05) is 37.3 Å². The van der Waals surface area contributed by atoms with Crippen molar-refractivity contribution in [2.75, 3.05) is 6.54 Å². The molecule has 0 heterocycles. The van der Waals surface area contributed by atoms with Crippen molar-refractivity contribution < 1.29 is 5.11 Å². The van der Waals surface area contributed by atoms with E-state index < -0.39 is 0 Å². The van der Waals surface area contributed by atoms with Crippen molar-refractivity contribution in [2.24, 2.45) is 0 Å². The van der Waals surface area contributed by atoms with Crippen molar-refractivity contribution in [3.8, 4) is 0 Å². The molecule has 0 aliphatic carbocycles. The fourth-order valence-electron chi connectivity index (χ4n) is 1.18. The number of benzene rings is 1. The molecule has 0 spiro atoms. The van der Waals surface area contributed by atoms with Crippen LogP contribution in [0.5, 0.6) is 0 Å². The quantitative estimate of drug-likeness (QED) is 0.550. The predicted octanol–water partition coefficient (Wildman–Crippen LogP) is 1.84. The molecule has 2 nitrogen and oxygen atoms in total. The van der Waals surface area contributed by atoms with Crippen LogP contribution in [0.3, 0.4) is 0 Å². The van der Waals surface area contributed by atoms with Crippen LogP contribution in [0.1, 0.15) is 18.1 Å². The summed E-state index contributed by atoms with van der Waals surface area (Å²) in [5.74, 6) is 0. The number of hydrogen-bond acceptors (Lipinski definition) is 2. The normalized spacial score (nSPS) is 11.0. The third kappa shape index (κ3) is 3.73. The smallest absolute Gasteiger partial charge is 0.0681 e. The second kappa shape index (κ2) is 6.35. The van der Waals surface area contributed by atoms with Gasteiger partial charge in [-0.15, -0.1) is 0 Å². The molecule has 0 aromatic heterocycles. The molecular weight excluding hydrogens is 174 g/mol. The van der Waals surface area contributed by atoms with Crippen LogP contribution in [-0.2, 0) is 13.2 Å². The largest absolute Gasteiger partial charge is 0.392 e. The first kappa shape index (κ1) is 11.0. The summed E-state index contributed by atoms with van der Waals surface area (Å²) in [5, 5.41) is 12.1. The van der Waals surface area contributed by atoms with E-state index in [9.17, 15) is 0 Å². The average molecular weight is 191 g/mol. The van der Waals surface area contributed by atoms with E-state index in [0.717, 1.165) is 18.7 Å². The van der Waals surface area contributed by atoms with Crippen LogP contribution in [0.25, 0.3) is 0 Å². The van der Waals surface area contributed by atoms with Gasteiger partial charge in [-0.3, -0.25) is 0 Å². The van der Waals surface area contributed by atoms with Gasteiger partial charge in [-0.2, -0.15) is 0 Å². The van der Waals surface area contributed by atoms with E-state index in [1.165, 1.54) is 5.56 Å². The van der Waals surface area contributed by atoms with Gasteiger partial charge in [0, 0.05) is 13.1 Å². The standard InChI is InChI=1S/C12H17NO/c1-2-3-8-13-9-11-4-6-12(10-14)7-5-11/h2-7,13-14H,8-10H2,1H3/b3-2+. The van der Waals surface area contributed by atoms with Crippen LogP contribution < -0.4 is 5.32 Å². The number of hydrogen-bond donors (Lipinski definition) is 2. The highest BCUT2D eigenvalue weighted by Gasteiger charge is 1.92. The van der Waals surface area contributed by atoms with Crippen molar-refractivity contribution in [3.63, 3.8) is 0 Å². The van der Waals surface area contributed by atoms with Gasteiger partial charge in [-0.05, 0) is 18.1 Å². The molecule has 2 heteroatoms. The second-order valence-electron chi connectivity index (χ2n) is 3.17. The lowest BCUT2D eigenvalue weighted by atomic mass is 10.1. The Balaban J connectivity index is 2.36. The Hall–Kier alpha value is -1.12. The molecule has 0 atom stereocenters. The summed E-state index contributed by atoms with van der Waals surface area (Å²) in [6, 6.07) is 7.97. The monoisotopic (exact) mass is 191 g/mol. The Kier molecular flexibility index (Phi) is 4.97. The predicted molar refractivity (Wildman–Crippen MR) is 58.9 cm³/mol. The van der Waals surface area contributed by atoms with Gasteiger partial charge in [0.25, 0.3) is 0 Å². The minimum atomic E-state index is 0.117. The molecule has 0 amide bonds. The van der Waals surface area contributed by atoms with Gasteiger partial charge in [0.05, 0.1) is 6.61 Å². The van der Waals surface area contributed by atoms with Gasteiger partial charge in [0.1, 0.15) is 0 Å². The van der Waals surface area contributed by atoms with Crippen molar-refractivity contribution in [2.45, 2.75) is 20.1 Å². The van der Waals surface area contributed by atoms with Crippen molar-refractivity contribution in [1.82, 2.24) is 5.32 Å². The molecule has 0 radical (unpaired) electrons. The van der Waals surface area contributed by atoms with Gasteiger partial charge in [0.2, 0.25) is 0 Å². The highest BCUT2D eigenvalue weighted by Crippen LogP contribution is 2.03. The Bertz CT molecular complexity index is 277. The second-order valence-corrected chi connectivity index (χ2v) is 3.17. The molecule has 0 bridgehead atoms. The maximum atomic E-state index is 8.85. The molecule has 76 valence electrons. The van der Waals surface area contributed by atoms with E-state index >= 15 is 0 Å². The molecule has 0 aliphatic heterocycles. The Morgan fingerprint density at radius 3 is 2.43 bits per heavy atom. The molecule has 1 aromatic rings. The molecule has 1 aromatic carbocycles. The minimum absolute atomic E-state index is 0.117. The molecule has 0 saturated heterocycles. The van der Waals surface area contributed by atoms with E-state index in [-0.39, 0.29) is 6.61 Å². The average Bonchev–Trinajstić information content (AvgIpc) is 2.25. The van der Waals surface area contributed by atoms with Crippen LogP contribution in [0.4, 0.5) is 0 Å². The summed E-state index contributed by atoms with van der Waals surface area (Å²) in [5.41, 5.74) is 2.20. The summed E-state index contributed by atoms with van der Waals surface area (Å²) < 4.78 is 0. The lowest BCUT2D eigenvalue weighted by molar-refractivity contribution is 0.282. The highest BCUT2D eigenvalue weighted by molar-refractivity contribution is 5.21. The Morgan fingerprint density at radius 1 is 1.21 bits per heavy atom. The first-order chi connectivity index (χ1) is 6.86. The zero-order valence-corrected chi connectivity index (χ0v) is 8.53. The van der Waals surface area contributed by atoms with Gasteiger partial charge in [-0.25, -0.2) is 0 Å². The number of rotatable bonds is 5. The van der Waals surface area contributed by atoms with Gasteiger partial charge in [0.15, 0.2) is 0 Å². The maximum absolute atomic E-state index is 8.85. The van der Waals surface area contributed by atoms with Gasteiger partial charge >= 0.3 is 0 Å². The molecule has 2 N–H and O–H groups in total. The van der Waals surface area contributed by atoms with E-state index in [0.29, 0.717) is 0 Å². The summed E-state index contributed by atoms with van der Waals surface area (Å²) in [6.07, 6.45) is 4.12. The molecule has 14 heavy (non-hydrogen) atoms. The zero-order chi connectivity index (χ0) is 10.2. The maximum Gasteiger partial charge on any atom is 0.0681 e. The SMILES string of the molecule is C/C=C/CNCc1ccc(CO)cc1. The number of nitrogens with one attached hydrogen (secondary N) is 1. The lowest BCUT2D eigenvalue weighted by Crippen LogP contribution is -2.12. The number of allylic oxidation sites excluding steroid dienone is 1. The van der Waals surface area contributed by atoms with Crippen LogP contribution in [0.15, 0.2) is 36.4 Å². The molecular formula is C12H17NO. The Morgan fingerprint density at radius 2 is 1.86 bits per heavy atom. The molecule has 0 unspecified atom stereocenters. The number of aliphatic hydroxyl groups is 1. The van der Waals surface area contributed by atoms with Crippen LogP contribution >= 0.6 is 0 Å². The van der Waals surface area contributed by atoms with Crippen molar-refractivity contribution in [3.05, 3.63) is 47.5 Å². The fraction of sp³-hybridized carbons (Fsp3) is 0.333. The fourth-order valence-corrected chi connectivity index (χ4v) is 1.18. The van der Waals surface area contributed by atoms with E-state index in [2.05, 4.69) is 11.4 Å². The third-order valence-corrected chi connectivity index (χ3v) is 2.03. The summed E-state index contributed by atoms with van der Waals surface area (Å²) in [6.45, 7) is 3.90. The molecule has 0 fully saturated rings. The Labute approximate surface area is 85.3 Å². The zero-order valence-electron chi connectivity index (χ0n) is 8.53. The van der Waals surface area contributed by atoms with Crippen LogP contribution in [0, 0.1) is 0 Å². The summed E-state index contributed by atoms with van der Waals surface area (Å²) in [7, 11) is 0. The van der Waals surface area contributed by atoms with E-state index in [1.54, 1.807) is 0 Å². The topological polar surface area (TPSA) is 32.3 Å². The van der Waals surface area contributed by atoms with Crippen molar-refractivity contribution >= 4 is 0 Å². The van der Waals surface area contributed by atoms with Gasteiger partial charge in [-0.1, -0.05) is 36.4 Å². The number of aliphatic hydroxyl groups excluding tert-OH is 1. The highest BCUT2D eigenvalue weighted by atomic mass is 16.3. The van der Waals surface area contributed by atoms with Crippen LogP contribution in [-0.4, -0.2) is 11.7 Å². The molecule has 1 rings (SSSR count). The first-order valence-electron chi connectivity index (χ1n) is 4.87. The lowest BCUT2D eigenvalue weighted by Gasteiger charge is -2.02. The van der Waals surface area contributed by atoms with Crippen LogP contribution in [0.2, 0.25) is 0 Å². The summed E-state index contributed by atoms with van der Waals surface area (Å²) >= 11 is 0. The minimum Gasteiger partial charge on any atom is -0.392 e. The third-order valence-electron chi connectivity index (χ3n) is 2.03. The first-order valence-corrected chi connectivity index (χ1v) is 4.87. The molecule has 0 aliphatic rings. The van der Waals surface area contributed by atoms with Gasteiger partial charge < -0.3 is 10.4 Å².